The van der Waals surface area contributed by atoms with E-state index in [1.807, 2.05) is 0 Å². The molecule has 3 aliphatic rings. The fraction of sp³-hybridized carbons (Fsp3) is 1.00. The fourth-order valence-electron chi connectivity index (χ4n) is 1.92. The zero-order valence-electron chi connectivity index (χ0n) is 9.08. The fourth-order valence-corrected chi connectivity index (χ4v) is 1.92. The molecule has 6 heteroatoms. The van der Waals surface area contributed by atoms with Gasteiger partial charge in [-0.3, -0.25) is 0 Å². The summed E-state index contributed by atoms with van der Waals surface area (Å²) in [5, 5.41) is 17.9. The van der Waals surface area contributed by atoms with Gasteiger partial charge in [-0.15, -0.1) is 0 Å². The van der Waals surface area contributed by atoms with Gasteiger partial charge in [-0.2, -0.15) is 0 Å². The Kier molecular flexibility index (Phi) is 8.67. The van der Waals surface area contributed by atoms with Gasteiger partial charge in [0.2, 0.25) is 0 Å². The third-order valence-corrected chi connectivity index (χ3v) is 2.80. The Morgan fingerprint density at radius 1 is 0.889 bits per heavy atom. The van der Waals surface area contributed by atoms with E-state index in [1.54, 1.807) is 0 Å². The normalized spacial score (nSPS) is 34.7. The SMILES string of the molecule is C.C.OC1COCOC1.O[C@H]1CO[C@H]2OCC[C@H]21. The first-order chi connectivity index (χ1) is 7.77. The second-order valence-corrected chi connectivity index (χ2v) is 4.11. The van der Waals surface area contributed by atoms with Crippen LogP contribution in [0.15, 0.2) is 0 Å². The van der Waals surface area contributed by atoms with E-state index in [4.69, 9.17) is 24.1 Å². The van der Waals surface area contributed by atoms with Crippen molar-refractivity contribution >= 4 is 0 Å². The van der Waals surface area contributed by atoms with E-state index >= 15 is 0 Å². The number of aliphatic hydroxyl groups is 2. The van der Waals surface area contributed by atoms with Crippen LogP contribution in [0.3, 0.4) is 0 Å². The molecule has 0 aromatic rings. The first kappa shape index (κ1) is 17.8. The molecule has 3 heterocycles. The van der Waals surface area contributed by atoms with Crippen molar-refractivity contribution in [3.05, 3.63) is 0 Å². The van der Waals surface area contributed by atoms with Crippen LogP contribution in [0.2, 0.25) is 0 Å². The summed E-state index contributed by atoms with van der Waals surface area (Å²) in [5.74, 6) is 0.255. The molecule has 0 aromatic heterocycles. The number of ether oxygens (including phenoxy) is 4. The van der Waals surface area contributed by atoms with Crippen LogP contribution in [0.4, 0.5) is 0 Å². The molecule has 3 atom stereocenters. The van der Waals surface area contributed by atoms with Gasteiger partial charge < -0.3 is 29.2 Å². The van der Waals surface area contributed by atoms with Crippen molar-refractivity contribution < 1.29 is 29.2 Å². The first-order valence-corrected chi connectivity index (χ1v) is 5.52. The van der Waals surface area contributed by atoms with E-state index in [0.29, 0.717) is 26.6 Å². The third kappa shape index (κ3) is 4.79. The highest BCUT2D eigenvalue weighted by Gasteiger charge is 2.40. The molecule has 3 rings (SSSR count). The third-order valence-electron chi connectivity index (χ3n) is 2.80. The van der Waals surface area contributed by atoms with Gasteiger partial charge in [0.05, 0.1) is 32.5 Å². The van der Waals surface area contributed by atoms with E-state index in [9.17, 15) is 5.11 Å². The monoisotopic (exact) mass is 266 g/mol. The quantitative estimate of drug-likeness (QED) is 0.659. The lowest BCUT2D eigenvalue weighted by Gasteiger charge is -2.16. The summed E-state index contributed by atoms with van der Waals surface area (Å²) in [6, 6.07) is 0. The molecular formula is C12H26O6. The molecule has 3 aliphatic heterocycles. The Labute approximate surface area is 109 Å². The van der Waals surface area contributed by atoms with Gasteiger partial charge in [0.15, 0.2) is 6.29 Å². The van der Waals surface area contributed by atoms with Crippen LogP contribution in [0, 0.1) is 5.92 Å². The summed E-state index contributed by atoms with van der Waals surface area (Å²) < 4.78 is 19.7. The maximum atomic E-state index is 9.19. The van der Waals surface area contributed by atoms with Crippen molar-refractivity contribution in [1.82, 2.24) is 0 Å². The Morgan fingerprint density at radius 3 is 2.06 bits per heavy atom. The van der Waals surface area contributed by atoms with Gasteiger partial charge >= 0.3 is 0 Å². The van der Waals surface area contributed by atoms with Gasteiger partial charge in [0.1, 0.15) is 12.9 Å². The van der Waals surface area contributed by atoms with Gasteiger partial charge in [0, 0.05) is 5.92 Å². The standard InChI is InChI=1S/C6H10O3.C4H8O3.2CH4/c7-5-3-9-6-4(5)1-2-8-6;5-4-1-6-3-7-2-4;;/h4-7H,1-3H2;4-5H,1-3H2;2*1H4/t4-,5-,6+;;;/m0.../s1. The lowest BCUT2D eigenvalue weighted by molar-refractivity contribution is -0.150. The second kappa shape index (κ2) is 8.79. The summed E-state index contributed by atoms with van der Waals surface area (Å²) >= 11 is 0. The number of hydrogen-bond donors (Lipinski definition) is 2. The smallest absolute Gasteiger partial charge is 0.163 e. The van der Waals surface area contributed by atoms with Crippen molar-refractivity contribution in [2.75, 3.05) is 33.2 Å². The molecule has 110 valence electrons. The van der Waals surface area contributed by atoms with Gasteiger partial charge in [-0.1, -0.05) is 14.9 Å². The number of aliphatic hydroxyl groups excluding tert-OH is 2. The Hall–Kier alpha value is -0.240. The van der Waals surface area contributed by atoms with Crippen molar-refractivity contribution in [2.24, 2.45) is 5.92 Å². The van der Waals surface area contributed by atoms with Gasteiger partial charge in [0.25, 0.3) is 0 Å². The zero-order chi connectivity index (χ0) is 11.4. The highest BCUT2D eigenvalue weighted by Crippen LogP contribution is 2.30. The molecular weight excluding hydrogens is 240 g/mol. The van der Waals surface area contributed by atoms with Crippen LogP contribution in [-0.4, -0.2) is 61.9 Å². The van der Waals surface area contributed by atoms with E-state index in [-0.39, 0.29) is 33.2 Å². The zero-order valence-corrected chi connectivity index (χ0v) is 9.08. The topological polar surface area (TPSA) is 77.4 Å². The van der Waals surface area contributed by atoms with Crippen molar-refractivity contribution in [3.63, 3.8) is 0 Å². The molecule has 0 radical (unpaired) electrons. The van der Waals surface area contributed by atoms with Crippen LogP contribution < -0.4 is 0 Å². The minimum Gasteiger partial charge on any atom is -0.390 e. The maximum Gasteiger partial charge on any atom is 0.163 e. The molecule has 0 unspecified atom stereocenters. The highest BCUT2D eigenvalue weighted by atomic mass is 16.7. The molecule has 0 bridgehead atoms. The van der Waals surface area contributed by atoms with E-state index in [0.717, 1.165) is 13.0 Å². The van der Waals surface area contributed by atoms with Crippen molar-refractivity contribution in [3.8, 4) is 0 Å². The van der Waals surface area contributed by atoms with Gasteiger partial charge in [-0.25, -0.2) is 0 Å². The average Bonchev–Trinajstić information content (AvgIpc) is 2.87. The Bertz CT molecular complexity index is 207. The minimum absolute atomic E-state index is 0. The molecule has 18 heavy (non-hydrogen) atoms. The summed E-state index contributed by atoms with van der Waals surface area (Å²) in [4.78, 5) is 0. The van der Waals surface area contributed by atoms with Crippen molar-refractivity contribution in [1.29, 1.82) is 0 Å². The number of fused-ring (bicyclic) bond motifs is 1. The molecule has 6 nitrogen and oxygen atoms in total. The van der Waals surface area contributed by atoms with Crippen LogP contribution in [0.25, 0.3) is 0 Å². The van der Waals surface area contributed by atoms with Gasteiger partial charge in [-0.05, 0) is 6.42 Å². The summed E-state index contributed by atoms with van der Waals surface area (Å²) in [7, 11) is 0. The Morgan fingerprint density at radius 2 is 1.56 bits per heavy atom. The second-order valence-electron chi connectivity index (χ2n) is 4.11. The molecule has 0 spiro atoms. The summed E-state index contributed by atoms with van der Waals surface area (Å²) in [6.45, 7) is 2.36. The van der Waals surface area contributed by atoms with E-state index in [2.05, 4.69) is 0 Å². The first-order valence-electron chi connectivity index (χ1n) is 5.52. The van der Waals surface area contributed by atoms with Crippen LogP contribution in [0.5, 0.6) is 0 Å². The van der Waals surface area contributed by atoms with E-state index in [1.165, 1.54) is 0 Å². The average molecular weight is 266 g/mol. The van der Waals surface area contributed by atoms with Crippen LogP contribution in [0.1, 0.15) is 21.3 Å². The molecule has 2 N–H and O–H groups in total. The van der Waals surface area contributed by atoms with E-state index < -0.39 is 6.10 Å². The van der Waals surface area contributed by atoms with Crippen LogP contribution >= 0.6 is 0 Å². The lowest BCUT2D eigenvalue weighted by atomic mass is 10.0. The number of rotatable bonds is 0. The lowest BCUT2D eigenvalue weighted by Crippen LogP contribution is -2.28. The van der Waals surface area contributed by atoms with Crippen LogP contribution in [-0.2, 0) is 18.9 Å². The highest BCUT2D eigenvalue weighted by molar-refractivity contribution is 4.81. The molecule has 0 saturated carbocycles. The summed E-state index contributed by atoms with van der Waals surface area (Å²) in [6.07, 6.45) is 0.164. The minimum atomic E-state index is -0.409. The largest absolute Gasteiger partial charge is 0.390 e. The predicted molar refractivity (Wildman–Crippen MR) is 66.0 cm³/mol. The molecule has 3 fully saturated rings. The summed E-state index contributed by atoms with van der Waals surface area (Å²) in [5.41, 5.74) is 0. The molecule has 0 amide bonds. The maximum absolute atomic E-state index is 9.19. The predicted octanol–water partition coefficient (Wildman–Crippen LogP) is 0.364. The number of hydrogen-bond acceptors (Lipinski definition) is 6. The Balaban J connectivity index is 0.000000297. The van der Waals surface area contributed by atoms with Crippen molar-refractivity contribution in [2.45, 2.75) is 39.8 Å². The molecule has 0 aromatic carbocycles. The molecule has 0 aliphatic carbocycles. The molecule has 3 saturated heterocycles.